The van der Waals surface area contributed by atoms with Gasteiger partial charge in [0.05, 0.1) is 14.2 Å². The van der Waals surface area contributed by atoms with Gasteiger partial charge in [0.15, 0.2) is 0 Å². The number of carbonyl (C=O) groups is 4. The Balaban J connectivity index is 3.70. The molecule has 138 valence electrons. The minimum absolute atomic E-state index is 0.390. The summed E-state index contributed by atoms with van der Waals surface area (Å²) in [5, 5.41) is 10.0. The van der Waals surface area contributed by atoms with Gasteiger partial charge in [-0.2, -0.15) is 0 Å². The molecule has 4 amide bonds. The van der Waals surface area contributed by atoms with Crippen LogP contribution in [0.2, 0.25) is 0 Å². The van der Waals surface area contributed by atoms with E-state index in [-0.39, 0.29) is 0 Å². The third kappa shape index (κ3) is 9.49. The van der Waals surface area contributed by atoms with Crippen molar-refractivity contribution in [2.24, 2.45) is 0 Å². The smallest absolute Gasteiger partial charge is 0.328 e. The maximum absolute atomic E-state index is 11.5. The van der Waals surface area contributed by atoms with E-state index in [0.29, 0.717) is 25.9 Å². The monoisotopic (exact) mass is 346 g/mol. The molecule has 0 rings (SSSR count). The molecule has 0 saturated carbocycles. The summed E-state index contributed by atoms with van der Waals surface area (Å²) in [4.78, 5) is 45.2. The van der Waals surface area contributed by atoms with E-state index in [1.54, 1.807) is 0 Å². The topological polar surface area (TPSA) is 135 Å². The number of rotatable bonds is 9. The SMILES string of the molecule is COC(=O)[C@H](C)NC(=O)NCCCCNC(=O)N[C@@H](C)C(=O)OC. The zero-order valence-electron chi connectivity index (χ0n) is 14.4. The van der Waals surface area contributed by atoms with Crippen molar-refractivity contribution < 1.29 is 28.7 Å². The molecule has 0 spiro atoms. The molecule has 0 aliphatic rings. The highest BCUT2D eigenvalue weighted by Gasteiger charge is 2.16. The summed E-state index contributed by atoms with van der Waals surface area (Å²) in [5.41, 5.74) is 0. The van der Waals surface area contributed by atoms with Gasteiger partial charge in [-0.15, -0.1) is 0 Å². The van der Waals surface area contributed by atoms with Crippen LogP contribution in [0.4, 0.5) is 9.59 Å². The molecule has 0 aliphatic heterocycles. The van der Waals surface area contributed by atoms with Crippen molar-refractivity contribution >= 4 is 24.0 Å². The van der Waals surface area contributed by atoms with E-state index in [2.05, 4.69) is 30.7 Å². The highest BCUT2D eigenvalue weighted by Crippen LogP contribution is 1.89. The Labute approximate surface area is 141 Å². The Kier molecular flexibility index (Phi) is 10.7. The molecule has 0 fully saturated rings. The third-order valence-electron chi connectivity index (χ3n) is 2.98. The highest BCUT2D eigenvalue weighted by atomic mass is 16.5. The number of methoxy groups -OCH3 is 2. The van der Waals surface area contributed by atoms with E-state index in [9.17, 15) is 19.2 Å². The van der Waals surface area contributed by atoms with Gasteiger partial charge in [-0.25, -0.2) is 19.2 Å². The zero-order valence-corrected chi connectivity index (χ0v) is 14.4. The number of hydrogen-bond donors (Lipinski definition) is 4. The fraction of sp³-hybridized carbons (Fsp3) is 0.714. The molecule has 0 unspecified atom stereocenters. The van der Waals surface area contributed by atoms with E-state index in [1.165, 1.54) is 28.1 Å². The normalized spacial score (nSPS) is 12.3. The van der Waals surface area contributed by atoms with E-state index in [4.69, 9.17) is 0 Å². The van der Waals surface area contributed by atoms with Crippen molar-refractivity contribution in [3.63, 3.8) is 0 Å². The lowest BCUT2D eigenvalue weighted by molar-refractivity contribution is -0.143. The predicted molar refractivity (Wildman–Crippen MR) is 85.3 cm³/mol. The van der Waals surface area contributed by atoms with Gasteiger partial charge < -0.3 is 30.7 Å². The first-order valence-electron chi connectivity index (χ1n) is 7.56. The summed E-state index contributed by atoms with van der Waals surface area (Å²) < 4.78 is 8.97. The number of nitrogens with one attached hydrogen (secondary N) is 4. The van der Waals surface area contributed by atoms with Crippen molar-refractivity contribution in [3.05, 3.63) is 0 Å². The first-order chi connectivity index (χ1) is 11.3. The minimum Gasteiger partial charge on any atom is -0.467 e. The Morgan fingerprint density at radius 2 is 1.08 bits per heavy atom. The van der Waals surface area contributed by atoms with E-state index >= 15 is 0 Å². The van der Waals surface area contributed by atoms with Crippen LogP contribution in [0.25, 0.3) is 0 Å². The van der Waals surface area contributed by atoms with Crippen LogP contribution in [0.5, 0.6) is 0 Å². The summed E-state index contributed by atoms with van der Waals surface area (Å²) >= 11 is 0. The standard InChI is InChI=1S/C14H26N4O6/c1-9(11(19)23-3)17-13(21)15-7-5-6-8-16-14(22)18-10(2)12(20)24-4/h9-10H,5-8H2,1-4H3,(H2,15,17,21)(H2,16,18,22)/t9-,10-/m0/s1. The molecule has 24 heavy (non-hydrogen) atoms. The molecule has 0 aromatic rings. The molecule has 4 N–H and O–H groups in total. The number of carbonyl (C=O) groups excluding carboxylic acids is 4. The van der Waals surface area contributed by atoms with E-state index in [0.717, 1.165) is 0 Å². The average Bonchev–Trinajstić information content (AvgIpc) is 2.55. The second-order valence-electron chi connectivity index (χ2n) is 5.00. The van der Waals surface area contributed by atoms with Gasteiger partial charge in [-0.05, 0) is 26.7 Å². The molecule has 0 radical (unpaired) electrons. The van der Waals surface area contributed by atoms with Crippen LogP contribution in [0.1, 0.15) is 26.7 Å². The maximum Gasteiger partial charge on any atom is 0.328 e. The lowest BCUT2D eigenvalue weighted by Gasteiger charge is -2.13. The fourth-order valence-corrected chi connectivity index (χ4v) is 1.62. The predicted octanol–water partition coefficient (Wildman–Crippen LogP) is -0.512. The molecule has 10 heteroatoms. The number of ether oxygens (including phenoxy) is 2. The Morgan fingerprint density at radius 1 is 0.750 bits per heavy atom. The van der Waals surface area contributed by atoms with Crippen molar-refractivity contribution in [2.75, 3.05) is 27.3 Å². The molecule has 0 heterocycles. The summed E-state index contributed by atoms with van der Waals surface area (Å²) in [6.45, 7) is 3.82. The summed E-state index contributed by atoms with van der Waals surface area (Å²) in [5.74, 6) is -1.05. The second kappa shape index (κ2) is 12.0. The number of urea groups is 2. The van der Waals surface area contributed by atoms with Crippen molar-refractivity contribution in [1.29, 1.82) is 0 Å². The largest absolute Gasteiger partial charge is 0.467 e. The molecule has 10 nitrogen and oxygen atoms in total. The summed E-state index contributed by atoms with van der Waals surface area (Å²) in [6.07, 6.45) is 1.26. The average molecular weight is 346 g/mol. The zero-order chi connectivity index (χ0) is 18.5. The lowest BCUT2D eigenvalue weighted by atomic mass is 10.3. The first kappa shape index (κ1) is 21.5. The van der Waals surface area contributed by atoms with Crippen LogP contribution < -0.4 is 21.3 Å². The molecule has 0 aliphatic carbocycles. The molecule has 0 bridgehead atoms. The van der Waals surface area contributed by atoms with Gasteiger partial charge in [0.1, 0.15) is 12.1 Å². The Morgan fingerprint density at radius 3 is 1.38 bits per heavy atom. The van der Waals surface area contributed by atoms with Gasteiger partial charge in [0.25, 0.3) is 0 Å². The van der Waals surface area contributed by atoms with Crippen molar-refractivity contribution in [1.82, 2.24) is 21.3 Å². The quantitative estimate of drug-likeness (QED) is 0.328. The first-order valence-corrected chi connectivity index (χ1v) is 7.56. The second-order valence-corrected chi connectivity index (χ2v) is 5.00. The van der Waals surface area contributed by atoms with Gasteiger partial charge in [0.2, 0.25) is 0 Å². The van der Waals surface area contributed by atoms with E-state index in [1.807, 2.05) is 0 Å². The Hall–Kier alpha value is -2.52. The van der Waals surface area contributed by atoms with Gasteiger partial charge >= 0.3 is 24.0 Å². The lowest BCUT2D eigenvalue weighted by Crippen LogP contribution is -2.45. The Bertz CT molecular complexity index is 403. The minimum atomic E-state index is -0.725. The number of hydrogen-bond acceptors (Lipinski definition) is 6. The van der Waals surface area contributed by atoms with Crippen LogP contribution in [-0.4, -0.2) is 63.4 Å². The van der Waals surface area contributed by atoms with Crippen LogP contribution in [0.15, 0.2) is 0 Å². The van der Waals surface area contributed by atoms with E-state index < -0.39 is 36.1 Å². The van der Waals surface area contributed by atoms with Crippen LogP contribution in [0.3, 0.4) is 0 Å². The van der Waals surface area contributed by atoms with Crippen LogP contribution >= 0.6 is 0 Å². The summed E-state index contributed by atoms with van der Waals surface area (Å²) in [6, 6.07) is -2.38. The van der Waals surface area contributed by atoms with Crippen molar-refractivity contribution in [2.45, 2.75) is 38.8 Å². The maximum atomic E-state index is 11.5. The van der Waals surface area contributed by atoms with Gasteiger partial charge in [-0.3, -0.25) is 0 Å². The fourth-order valence-electron chi connectivity index (χ4n) is 1.62. The van der Waals surface area contributed by atoms with Gasteiger partial charge in [0, 0.05) is 13.1 Å². The van der Waals surface area contributed by atoms with Gasteiger partial charge in [-0.1, -0.05) is 0 Å². The number of esters is 2. The van der Waals surface area contributed by atoms with Crippen LogP contribution in [0, 0.1) is 0 Å². The molecule has 0 aromatic carbocycles. The number of amides is 4. The highest BCUT2D eigenvalue weighted by molar-refractivity contribution is 5.83. The molecular formula is C14H26N4O6. The van der Waals surface area contributed by atoms with Crippen molar-refractivity contribution in [3.8, 4) is 0 Å². The molecular weight excluding hydrogens is 320 g/mol. The summed E-state index contributed by atoms with van der Waals surface area (Å²) in [7, 11) is 2.49. The molecule has 0 aromatic heterocycles. The number of unbranched alkanes of at least 4 members (excludes halogenated alkanes) is 1. The third-order valence-corrected chi connectivity index (χ3v) is 2.98. The molecule has 2 atom stereocenters. The van der Waals surface area contributed by atoms with Crippen LogP contribution in [-0.2, 0) is 19.1 Å². The molecule has 0 saturated heterocycles.